The first kappa shape index (κ1) is 20.0. The molecule has 0 saturated heterocycles. The van der Waals surface area contributed by atoms with Gasteiger partial charge in [-0.2, -0.15) is 0 Å². The highest BCUT2D eigenvalue weighted by atomic mass is 16.5. The number of rotatable bonds is 8. The minimum Gasteiger partial charge on any atom is -0.496 e. The second-order valence-electron chi connectivity index (χ2n) is 6.41. The molecule has 1 heterocycles. The molecule has 142 valence electrons. The van der Waals surface area contributed by atoms with Gasteiger partial charge in [0.25, 0.3) is 0 Å². The van der Waals surface area contributed by atoms with Crippen molar-refractivity contribution in [2.75, 3.05) is 26.9 Å². The fraction of sp³-hybridized carbons (Fsp3) is 0.476. The van der Waals surface area contributed by atoms with E-state index in [0.29, 0.717) is 19.8 Å². The lowest BCUT2D eigenvalue weighted by atomic mass is 9.98. The molecule has 0 aliphatic heterocycles. The van der Waals surface area contributed by atoms with Crippen molar-refractivity contribution in [2.24, 2.45) is 0 Å². The third-order valence-corrected chi connectivity index (χ3v) is 4.59. The van der Waals surface area contributed by atoms with Crippen LogP contribution in [0.2, 0.25) is 0 Å². The molecule has 0 unspecified atom stereocenters. The lowest BCUT2D eigenvalue weighted by Gasteiger charge is -2.13. The van der Waals surface area contributed by atoms with Crippen LogP contribution in [0.3, 0.4) is 0 Å². The normalized spacial score (nSPS) is 11.8. The first-order valence-electron chi connectivity index (χ1n) is 9.02. The second kappa shape index (κ2) is 8.90. The molecular weight excluding hydrogens is 330 g/mol. The van der Waals surface area contributed by atoms with Crippen LogP contribution in [-0.4, -0.2) is 32.8 Å². The van der Waals surface area contributed by atoms with Crippen molar-refractivity contribution < 1.29 is 18.7 Å². The fourth-order valence-electron chi connectivity index (χ4n) is 3.02. The molecule has 5 heteroatoms. The molecule has 1 aromatic carbocycles. The van der Waals surface area contributed by atoms with E-state index < -0.39 is 0 Å². The van der Waals surface area contributed by atoms with Crippen molar-refractivity contribution in [3.05, 3.63) is 34.6 Å². The van der Waals surface area contributed by atoms with Crippen molar-refractivity contribution in [3.8, 4) is 5.75 Å². The molecule has 0 radical (unpaired) electrons. The maximum absolute atomic E-state index is 12.2. The summed E-state index contributed by atoms with van der Waals surface area (Å²) in [6.07, 6.45) is 2.42. The summed E-state index contributed by atoms with van der Waals surface area (Å²) in [4.78, 5) is 12.2. The number of hydrogen-bond donors (Lipinski definition) is 1. The molecule has 1 N–H and O–H groups in total. The molecule has 0 saturated carbocycles. The molecule has 0 aliphatic carbocycles. The summed E-state index contributed by atoms with van der Waals surface area (Å²) >= 11 is 0. The number of carbonyl (C=O) groups excluding carboxylic acids is 1. The molecule has 26 heavy (non-hydrogen) atoms. The topological polar surface area (TPSA) is 60.7 Å². The zero-order chi connectivity index (χ0) is 19.3. The van der Waals surface area contributed by atoms with E-state index in [1.165, 1.54) is 0 Å². The SMILES string of the molecule is CCOCCCNC(=O)/C=C(\C)c1cc2c(C)c(C)oc2c(C)c1OC. The van der Waals surface area contributed by atoms with Crippen molar-refractivity contribution >= 4 is 22.4 Å². The zero-order valence-electron chi connectivity index (χ0n) is 16.6. The first-order chi connectivity index (χ1) is 12.4. The molecule has 2 rings (SSSR count). The van der Waals surface area contributed by atoms with Crippen LogP contribution in [0, 0.1) is 20.8 Å². The Labute approximate surface area is 155 Å². The molecule has 0 bridgehead atoms. The molecule has 0 fully saturated rings. The van der Waals surface area contributed by atoms with Crippen LogP contribution in [-0.2, 0) is 9.53 Å². The van der Waals surface area contributed by atoms with Crippen LogP contribution in [0.15, 0.2) is 16.6 Å². The summed E-state index contributed by atoms with van der Waals surface area (Å²) < 4.78 is 16.8. The number of benzene rings is 1. The lowest BCUT2D eigenvalue weighted by molar-refractivity contribution is -0.116. The Balaban J connectivity index is 2.27. The standard InChI is InChI=1S/C21H29NO4/c1-7-25-10-8-9-22-19(23)11-13(2)17-12-18-14(3)16(5)26-21(18)15(4)20(17)24-6/h11-12H,7-10H2,1-6H3,(H,22,23)/b13-11+. The first-order valence-corrected chi connectivity index (χ1v) is 9.02. The van der Waals surface area contributed by atoms with E-state index in [4.69, 9.17) is 13.9 Å². The number of methoxy groups -OCH3 is 1. The van der Waals surface area contributed by atoms with Gasteiger partial charge in [-0.1, -0.05) is 0 Å². The van der Waals surface area contributed by atoms with Gasteiger partial charge in [-0.05, 0) is 58.2 Å². The van der Waals surface area contributed by atoms with Crippen LogP contribution in [0.25, 0.3) is 16.5 Å². The quantitative estimate of drug-likeness (QED) is 0.563. The van der Waals surface area contributed by atoms with E-state index in [-0.39, 0.29) is 5.91 Å². The smallest absolute Gasteiger partial charge is 0.244 e. The predicted octanol–water partition coefficient (Wildman–Crippen LogP) is 4.31. The number of furan rings is 1. The highest BCUT2D eigenvalue weighted by Crippen LogP contribution is 2.38. The van der Waals surface area contributed by atoms with Crippen LogP contribution in [0.4, 0.5) is 0 Å². The Morgan fingerprint density at radius 3 is 2.65 bits per heavy atom. The van der Waals surface area contributed by atoms with Crippen LogP contribution < -0.4 is 10.1 Å². The van der Waals surface area contributed by atoms with Gasteiger partial charge in [-0.3, -0.25) is 4.79 Å². The highest BCUT2D eigenvalue weighted by Gasteiger charge is 2.18. The Hall–Kier alpha value is -2.27. The van der Waals surface area contributed by atoms with Crippen molar-refractivity contribution in [3.63, 3.8) is 0 Å². The summed E-state index contributed by atoms with van der Waals surface area (Å²) in [6, 6.07) is 2.04. The van der Waals surface area contributed by atoms with E-state index in [1.807, 2.05) is 40.7 Å². The summed E-state index contributed by atoms with van der Waals surface area (Å²) in [5.41, 5.74) is 4.66. The average molecular weight is 359 g/mol. The lowest BCUT2D eigenvalue weighted by Crippen LogP contribution is -2.23. The number of amides is 1. The summed E-state index contributed by atoms with van der Waals surface area (Å²) in [7, 11) is 1.64. The van der Waals surface area contributed by atoms with Gasteiger partial charge in [0, 0.05) is 42.3 Å². The minimum absolute atomic E-state index is 0.112. The number of nitrogens with one attached hydrogen (secondary N) is 1. The number of carbonyl (C=O) groups is 1. The van der Waals surface area contributed by atoms with Gasteiger partial charge >= 0.3 is 0 Å². The third kappa shape index (κ3) is 4.28. The highest BCUT2D eigenvalue weighted by molar-refractivity contribution is 5.98. The second-order valence-corrected chi connectivity index (χ2v) is 6.41. The Morgan fingerprint density at radius 1 is 1.27 bits per heavy atom. The monoisotopic (exact) mass is 359 g/mol. The molecule has 2 aromatic rings. The molecular formula is C21H29NO4. The molecule has 1 amide bonds. The maximum Gasteiger partial charge on any atom is 0.244 e. The Bertz CT molecular complexity index is 817. The molecule has 0 atom stereocenters. The predicted molar refractivity (Wildman–Crippen MR) is 105 cm³/mol. The van der Waals surface area contributed by atoms with E-state index in [1.54, 1.807) is 13.2 Å². The largest absolute Gasteiger partial charge is 0.496 e. The molecule has 1 aromatic heterocycles. The van der Waals surface area contributed by atoms with Gasteiger partial charge in [0.1, 0.15) is 17.1 Å². The van der Waals surface area contributed by atoms with Crippen molar-refractivity contribution in [1.29, 1.82) is 0 Å². The summed E-state index contributed by atoms with van der Waals surface area (Å²) in [6.45, 7) is 11.8. The van der Waals surface area contributed by atoms with Gasteiger partial charge in [0.2, 0.25) is 5.91 Å². The van der Waals surface area contributed by atoms with Gasteiger partial charge in [0.15, 0.2) is 0 Å². The van der Waals surface area contributed by atoms with Crippen LogP contribution >= 0.6 is 0 Å². The summed E-state index contributed by atoms with van der Waals surface area (Å²) in [5.74, 6) is 1.53. The van der Waals surface area contributed by atoms with E-state index in [9.17, 15) is 4.79 Å². The number of fused-ring (bicyclic) bond motifs is 1. The van der Waals surface area contributed by atoms with Crippen molar-refractivity contribution in [2.45, 2.75) is 41.0 Å². The maximum atomic E-state index is 12.2. The van der Waals surface area contributed by atoms with Crippen molar-refractivity contribution in [1.82, 2.24) is 5.32 Å². The molecule has 0 aliphatic rings. The van der Waals surface area contributed by atoms with Gasteiger partial charge in [-0.25, -0.2) is 0 Å². The number of aryl methyl sites for hydroxylation is 3. The van der Waals surface area contributed by atoms with Crippen LogP contribution in [0.5, 0.6) is 5.75 Å². The van der Waals surface area contributed by atoms with Crippen LogP contribution in [0.1, 0.15) is 42.7 Å². The summed E-state index contributed by atoms with van der Waals surface area (Å²) in [5, 5.41) is 3.95. The molecule has 0 spiro atoms. The third-order valence-electron chi connectivity index (χ3n) is 4.59. The number of allylic oxidation sites excluding steroid dienone is 1. The number of hydrogen-bond acceptors (Lipinski definition) is 4. The number of ether oxygens (including phenoxy) is 2. The van der Waals surface area contributed by atoms with Gasteiger partial charge < -0.3 is 19.2 Å². The minimum atomic E-state index is -0.112. The Morgan fingerprint density at radius 2 is 2.00 bits per heavy atom. The average Bonchev–Trinajstić information content (AvgIpc) is 2.90. The molecule has 5 nitrogen and oxygen atoms in total. The zero-order valence-corrected chi connectivity index (χ0v) is 16.6. The van der Waals surface area contributed by atoms with Gasteiger partial charge in [0.05, 0.1) is 7.11 Å². The van der Waals surface area contributed by atoms with Gasteiger partial charge in [-0.15, -0.1) is 0 Å². The Kier molecular flexibility index (Phi) is 6.86. The van der Waals surface area contributed by atoms with E-state index >= 15 is 0 Å². The fourth-order valence-corrected chi connectivity index (χ4v) is 3.02. The van der Waals surface area contributed by atoms with E-state index in [0.717, 1.165) is 51.2 Å². The van der Waals surface area contributed by atoms with E-state index in [2.05, 4.69) is 5.32 Å².